The molecule has 2 fully saturated rings. The number of aromatic nitrogens is 2. The Balaban J connectivity index is 1.54. The van der Waals surface area contributed by atoms with Crippen LogP contribution in [0.3, 0.4) is 0 Å². The summed E-state index contributed by atoms with van der Waals surface area (Å²) in [7, 11) is 1.32. The number of amides is 4. The van der Waals surface area contributed by atoms with Crippen LogP contribution in [0.25, 0.3) is 0 Å². The van der Waals surface area contributed by atoms with Gasteiger partial charge in [0.1, 0.15) is 24.2 Å². The Labute approximate surface area is 231 Å². The highest BCUT2D eigenvalue weighted by Gasteiger charge is 2.48. The number of alkyl halides is 5. The molecule has 0 spiro atoms. The number of hydrogen-bond acceptors (Lipinski definition) is 7. The zero-order chi connectivity index (χ0) is 29.9. The first-order valence-electron chi connectivity index (χ1n) is 12.8. The van der Waals surface area contributed by atoms with Crippen LogP contribution in [0.15, 0.2) is 29.1 Å². The van der Waals surface area contributed by atoms with Gasteiger partial charge in [-0.25, -0.2) is 18.6 Å². The van der Waals surface area contributed by atoms with E-state index in [4.69, 9.17) is 9.26 Å². The van der Waals surface area contributed by atoms with E-state index >= 15 is 0 Å². The molecular weight excluding hydrogens is 559 g/mol. The van der Waals surface area contributed by atoms with E-state index in [2.05, 4.69) is 20.8 Å². The summed E-state index contributed by atoms with van der Waals surface area (Å²) in [4.78, 5) is 43.7. The number of anilines is 1. The maximum Gasteiger partial charge on any atom is 0.410 e. The molecular formula is C25H29F5N6O5. The van der Waals surface area contributed by atoms with Crippen molar-refractivity contribution in [3.8, 4) is 0 Å². The van der Waals surface area contributed by atoms with Gasteiger partial charge >= 0.3 is 12.2 Å². The van der Waals surface area contributed by atoms with E-state index in [0.717, 1.165) is 4.90 Å². The summed E-state index contributed by atoms with van der Waals surface area (Å²) in [6.07, 6.45) is -3.08. The lowest BCUT2D eigenvalue weighted by molar-refractivity contribution is -0.150. The summed E-state index contributed by atoms with van der Waals surface area (Å²) in [5.74, 6) is -4.99. The highest BCUT2D eigenvalue weighted by molar-refractivity contribution is 6.00. The fraction of sp³-hybridized carbons (Fsp3) is 0.560. The van der Waals surface area contributed by atoms with E-state index in [-0.39, 0.29) is 31.0 Å². The van der Waals surface area contributed by atoms with Crippen LogP contribution in [-0.2, 0) is 9.53 Å². The number of hydrogen-bond donors (Lipinski definition) is 3. The zero-order valence-corrected chi connectivity index (χ0v) is 22.1. The second-order valence-corrected chi connectivity index (χ2v) is 10.1. The first-order chi connectivity index (χ1) is 19.3. The maximum atomic E-state index is 13.8. The van der Waals surface area contributed by atoms with Crippen LogP contribution in [-0.4, -0.2) is 77.3 Å². The summed E-state index contributed by atoms with van der Waals surface area (Å²) >= 11 is 0. The number of carbonyl (C=O) groups is 3. The van der Waals surface area contributed by atoms with E-state index in [9.17, 15) is 36.3 Å². The molecule has 16 heteroatoms. The second-order valence-electron chi connectivity index (χ2n) is 10.1. The Morgan fingerprint density at radius 3 is 2.59 bits per heavy atom. The Bertz CT molecular complexity index is 1260. The van der Waals surface area contributed by atoms with Gasteiger partial charge in [0, 0.05) is 31.7 Å². The number of halogens is 5. The molecule has 0 radical (unpaired) electrons. The van der Waals surface area contributed by atoms with Crippen molar-refractivity contribution in [2.75, 3.05) is 25.6 Å². The molecule has 1 saturated carbocycles. The average Bonchev–Trinajstić information content (AvgIpc) is 3.51. The highest BCUT2D eigenvalue weighted by atomic mass is 19.4. The molecule has 2 aliphatic rings. The number of rotatable bonds is 9. The van der Waals surface area contributed by atoms with Gasteiger partial charge in [-0.15, -0.1) is 0 Å². The third kappa shape index (κ3) is 7.10. The van der Waals surface area contributed by atoms with Crippen molar-refractivity contribution in [3.05, 3.63) is 41.4 Å². The van der Waals surface area contributed by atoms with Crippen LogP contribution in [0, 0.1) is 12.8 Å². The van der Waals surface area contributed by atoms with Crippen molar-refractivity contribution in [1.29, 1.82) is 0 Å². The first kappa shape index (κ1) is 30.1. The fourth-order valence-electron chi connectivity index (χ4n) is 4.97. The Morgan fingerprint density at radius 1 is 1.29 bits per heavy atom. The minimum absolute atomic E-state index is 0.0291. The number of urea groups is 1. The molecule has 11 nitrogen and oxygen atoms in total. The van der Waals surface area contributed by atoms with Crippen LogP contribution in [0.4, 0.5) is 32.6 Å². The molecule has 0 unspecified atom stereocenters. The maximum absolute atomic E-state index is 13.8. The molecule has 1 saturated heterocycles. The van der Waals surface area contributed by atoms with Gasteiger partial charge < -0.3 is 30.1 Å². The molecule has 3 heterocycles. The molecule has 3 N–H and O–H groups in total. The van der Waals surface area contributed by atoms with Gasteiger partial charge in [-0.3, -0.25) is 9.59 Å². The molecule has 224 valence electrons. The monoisotopic (exact) mass is 588 g/mol. The van der Waals surface area contributed by atoms with Gasteiger partial charge in [-0.2, -0.15) is 13.2 Å². The molecule has 4 rings (SSSR count). The van der Waals surface area contributed by atoms with Gasteiger partial charge in [0.25, 0.3) is 5.91 Å². The van der Waals surface area contributed by atoms with Crippen LogP contribution in [0.5, 0.6) is 0 Å². The lowest BCUT2D eigenvalue weighted by Gasteiger charge is -2.33. The molecule has 2 aromatic rings. The van der Waals surface area contributed by atoms with E-state index in [0.29, 0.717) is 11.1 Å². The smallest absolute Gasteiger partial charge is 0.382 e. The Hall–Kier alpha value is -3.82. The second kappa shape index (κ2) is 12.0. The van der Waals surface area contributed by atoms with E-state index in [1.165, 1.54) is 31.7 Å². The minimum atomic E-state index is -4.65. The third-order valence-corrected chi connectivity index (χ3v) is 7.22. The van der Waals surface area contributed by atoms with Crippen molar-refractivity contribution < 1.29 is 45.6 Å². The number of nitrogens with zero attached hydrogens (tertiary/aromatic N) is 3. The summed E-state index contributed by atoms with van der Waals surface area (Å²) in [5, 5.41) is 10.7. The van der Waals surface area contributed by atoms with Crippen molar-refractivity contribution in [2.45, 2.75) is 62.8 Å². The van der Waals surface area contributed by atoms with E-state index in [1.54, 1.807) is 6.92 Å². The molecule has 41 heavy (non-hydrogen) atoms. The van der Waals surface area contributed by atoms with E-state index in [1.807, 2.05) is 5.32 Å². The average molecular weight is 589 g/mol. The number of methoxy groups -OCH3 is 1. The predicted octanol–water partition coefficient (Wildman–Crippen LogP) is 3.58. The Kier molecular flexibility index (Phi) is 8.80. The summed E-state index contributed by atoms with van der Waals surface area (Å²) in [5.41, 5.74) is 0.674. The number of pyridine rings is 1. The number of nitrogens with one attached hydrogen (secondary N) is 3. The van der Waals surface area contributed by atoms with Crippen LogP contribution in [0.1, 0.15) is 53.3 Å². The van der Waals surface area contributed by atoms with Gasteiger partial charge in [-0.1, -0.05) is 5.16 Å². The van der Waals surface area contributed by atoms with Gasteiger partial charge in [0.2, 0.25) is 11.8 Å². The lowest BCUT2D eigenvalue weighted by Crippen LogP contribution is -2.50. The topological polar surface area (TPSA) is 139 Å². The fourth-order valence-corrected chi connectivity index (χ4v) is 4.97. The molecule has 0 aromatic carbocycles. The van der Waals surface area contributed by atoms with E-state index < -0.39 is 73.4 Å². The van der Waals surface area contributed by atoms with Gasteiger partial charge in [0.15, 0.2) is 5.69 Å². The predicted molar refractivity (Wildman–Crippen MR) is 132 cm³/mol. The van der Waals surface area contributed by atoms with Gasteiger partial charge in [0.05, 0.1) is 19.2 Å². The number of carbonyl (C=O) groups excluding carboxylic acids is 3. The van der Waals surface area contributed by atoms with Crippen LogP contribution in [0.2, 0.25) is 0 Å². The van der Waals surface area contributed by atoms with Crippen molar-refractivity contribution in [2.24, 2.45) is 5.92 Å². The van der Waals surface area contributed by atoms with Crippen molar-refractivity contribution in [1.82, 2.24) is 25.7 Å². The third-order valence-electron chi connectivity index (χ3n) is 7.22. The zero-order valence-electron chi connectivity index (χ0n) is 22.1. The van der Waals surface area contributed by atoms with Crippen LogP contribution >= 0.6 is 0 Å². The van der Waals surface area contributed by atoms with Crippen molar-refractivity contribution in [3.63, 3.8) is 0 Å². The normalized spacial score (nSPS) is 20.8. The standard InChI is InChI=1S/C25H29F5N6O5/c1-13-11-41-35-19(13)21(37)34-20(14-3-6-24(26,27)7-4-14)22(38)33-18-9-15(5-8-31-18)16(12-40-2)36-10-17(25(28,29)30)32-23(36)39/h5,8-9,11,14,16-17,20H,3-4,6-7,10,12H2,1-2H3,(H,32,39)(H,34,37)(H,31,33,38)/t16-,17+,20+/m1/s1. The molecule has 2 aromatic heterocycles. The highest BCUT2D eigenvalue weighted by Crippen LogP contribution is 2.38. The first-order valence-corrected chi connectivity index (χ1v) is 12.8. The summed E-state index contributed by atoms with van der Waals surface area (Å²) in [6, 6.07) is -2.34. The SMILES string of the molecule is COC[C@H](c1ccnc(NC(=O)[C@@H](NC(=O)c2nocc2C)C2CCC(F)(F)CC2)c1)N1C[C@@H](C(F)(F)F)NC1=O. The molecule has 4 amide bonds. The van der Waals surface area contributed by atoms with Gasteiger partial charge in [-0.05, 0) is 43.4 Å². The molecule has 1 aliphatic heterocycles. The largest absolute Gasteiger partial charge is 0.410 e. The number of aryl methyl sites for hydroxylation is 1. The number of ether oxygens (including phenoxy) is 1. The lowest BCUT2D eigenvalue weighted by atomic mass is 9.81. The Morgan fingerprint density at radius 2 is 2.00 bits per heavy atom. The summed E-state index contributed by atoms with van der Waals surface area (Å²) < 4.78 is 77.3. The van der Waals surface area contributed by atoms with Crippen LogP contribution < -0.4 is 16.0 Å². The summed E-state index contributed by atoms with van der Waals surface area (Å²) in [6.45, 7) is 0.773. The molecule has 1 aliphatic carbocycles. The quantitative estimate of drug-likeness (QED) is 0.381. The molecule has 3 atom stereocenters. The minimum Gasteiger partial charge on any atom is -0.382 e. The molecule has 0 bridgehead atoms. The van der Waals surface area contributed by atoms with Crippen molar-refractivity contribution >= 4 is 23.7 Å².